The largest absolute Gasteiger partial charge is 0.495 e. The normalized spacial score (nSPS) is 11.3. The van der Waals surface area contributed by atoms with Crippen LogP contribution in [-0.2, 0) is 10.0 Å². The molecule has 0 bridgehead atoms. The lowest BCUT2D eigenvalue weighted by Gasteiger charge is -2.11. The lowest BCUT2D eigenvalue weighted by molar-refractivity contribution is -0.385. The van der Waals surface area contributed by atoms with Gasteiger partial charge in [-0.25, -0.2) is 0 Å². The fraction of sp³-hybridized carbons (Fsp3) is 0.316. The highest BCUT2D eigenvalue weighted by Gasteiger charge is 2.21. The molecule has 30 heavy (non-hydrogen) atoms. The van der Waals surface area contributed by atoms with Crippen LogP contribution in [0.15, 0.2) is 40.3 Å². The van der Waals surface area contributed by atoms with Gasteiger partial charge in [0.15, 0.2) is 0 Å². The van der Waals surface area contributed by atoms with Gasteiger partial charge < -0.3 is 14.2 Å². The Morgan fingerprint density at radius 1 is 1.10 bits per heavy atom. The second kappa shape index (κ2) is 9.92. The summed E-state index contributed by atoms with van der Waals surface area (Å²) in [6.45, 7) is 5.72. The molecule has 0 amide bonds. The smallest absolute Gasteiger partial charge is 0.311 e. The molecule has 2 rings (SSSR count). The molecule has 0 spiro atoms. The molecule has 0 atom stereocenters. The van der Waals surface area contributed by atoms with Crippen LogP contribution in [0.25, 0.3) is 0 Å². The number of methoxy groups -OCH3 is 1. The van der Waals surface area contributed by atoms with Crippen molar-refractivity contribution in [2.45, 2.75) is 25.7 Å². The molecular weight excluding hydrogens is 414 g/mol. The second-order valence-electron chi connectivity index (χ2n) is 5.99. The Kier molecular flexibility index (Phi) is 7.59. The molecule has 162 valence electrons. The van der Waals surface area contributed by atoms with E-state index in [1.807, 2.05) is 0 Å². The Balaban J connectivity index is 2.40. The number of nitrogens with one attached hydrogen (secondary N) is 1. The fourth-order valence-corrected chi connectivity index (χ4v) is 3.62. The number of ether oxygens (including phenoxy) is 3. The fourth-order valence-electron chi connectivity index (χ4n) is 2.57. The van der Waals surface area contributed by atoms with Crippen LogP contribution < -0.4 is 19.0 Å². The third-order valence-electron chi connectivity index (χ3n) is 3.87. The minimum atomic E-state index is -4.04. The van der Waals surface area contributed by atoms with Gasteiger partial charge in [-0.05, 0) is 38.5 Å². The molecule has 0 aromatic heterocycles. The van der Waals surface area contributed by atoms with E-state index >= 15 is 0 Å². The highest BCUT2D eigenvalue weighted by atomic mass is 32.2. The predicted octanol–water partition coefficient (Wildman–Crippen LogP) is 3.02. The van der Waals surface area contributed by atoms with Crippen molar-refractivity contribution >= 4 is 21.9 Å². The van der Waals surface area contributed by atoms with Crippen molar-refractivity contribution in [2.24, 2.45) is 5.10 Å². The van der Waals surface area contributed by atoms with Gasteiger partial charge in [-0.1, -0.05) is 6.07 Å². The molecule has 0 aliphatic heterocycles. The summed E-state index contributed by atoms with van der Waals surface area (Å²) in [6.07, 6.45) is 1.13. The van der Waals surface area contributed by atoms with Crippen molar-refractivity contribution < 1.29 is 27.6 Å². The van der Waals surface area contributed by atoms with Crippen LogP contribution in [0.5, 0.6) is 17.2 Å². The molecule has 11 heteroatoms. The Morgan fingerprint density at radius 3 is 2.37 bits per heavy atom. The van der Waals surface area contributed by atoms with Gasteiger partial charge >= 0.3 is 5.69 Å². The van der Waals surface area contributed by atoms with E-state index < -0.39 is 14.9 Å². The summed E-state index contributed by atoms with van der Waals surface area (Å²) < 4.78 is 41.1. The summed E-state index contributed by atoms with van der Waals surface area (Å²) in [5.74, 6) is 0.478. The van der Waals surface area contributed by atoms with Crippen LogP contribution >= 0.6 is 0 Å². The van der Waals surface area contributed by atoms with Gasteiger partial charge in [0.2, 0.25) is 5.75 Å². The summed E-state index contributed by atoms with van der Waals surface area (Å²) in [7, 11) is -2.67. The Morgan fingerprint density at radius 2 is 1.77 bits per heavy atom. The van der Waals surface area contributed by atoms with Crippen molar-refractivity contribution in [3.63, 3.8) is 0 Å². The van der Waals surface area contributed by atoms with Gasteiger partial charge in [0.25, 0.3) is 10.0 Å². The molecule has 0 aliphatic carbocycles. The molecule has 0 fully saturated rings. The number of nitro groups is 1. The lowest BCUT2D eigenvalue weighted by atomic mass is 10.1. The number of nitro benzene ring substituents is 1. The van der Waals surface area contributed by atoms with E-state index in [0.717, 1.165) is 11.8 Å². The SMILES string of the molecule is CCOc1cc(OCC)c([N+](=O)[O-])cc1/C=N/NS(=O)(=O)c1cc(C)ccc1OC. The Labute approximate surface area is 174 Å². The summed E-state index contributed by atoms with van der Waals surface area (Å²) in [5.41, 5.74) is 0.650. The molecule has 0 saturated carbocycles. The highest BCUT2D eigenvalue weighted by molar-refractivity contribution is 7.89. The van der Waals surface area contributed by atoms with E-state index in [2.05, 4.69) is 9.93 Å². The number of hydrogen-bond acceptors (Lipinski definition) is 8. The predicted molar refractivity (Wildman–Crippen MR) is 111 cm³/mol. The van der Waals surface area contributed by atoms with Crippen LogP contribution in [0, 0.1) is 17.0 Å². The molecule has 2 aromatic rings. The standard InChI is InChI=1S/C19H23N3O7S/c1-5-28-17-11-18(29-6-2)15(22(23)24)10-14(17)12-20-21-30(25,26)19-9-13(3)7-8-16(19)27-4/h7-12,21H,5-6H2,1-4H3/b20-12+. The number of rotatable bonds is 10. The van der Waals surface area contributed by atoms with E-state index in [1.54, 1.807) is 26.8 Å². The second-order valence-corrected chi connectivity index (χ2v) is 7.62. The van der Waals surface area contributed by atoms with Gasteiger partial charge in [0, 0.05) is 17.7 Å². The average molecular weight is 437 g/mol. The zero-order valence-corrected chi connectivity index (χ0v) is 17.9. The molecule has 0 aliphatic rings. The number of sulfonamides is 1. The minimum Gasteiger partial charge on any atom is -0.495 e. The molecule has 0 radical (unpaired) electrons. The van der Waals surface area contributed by atoms with Crippen LogP contribution in [0.1, 0.15) is 25.0 Å². The van der Waals surface area contributed by atoms with Gasteiger partial charge in [0.05, 0.1) is 31.5 Å². The number of hydrazone groups is 1. The zero-order chi connectivity index (χ0) is 22.3. The molecule has 10 nitrogen and oxygen atoms in total. The maximum Gasteiger partial charge on any atom is 0.311 e. The topological polar surface area (TPSA) is 129 Å². The number of aryl methyl sites for hydroxylation is 1. The van der Waals surface area contributed by atoms with Gasteiger partial charge in [0.1, 0.15) is 16.4 Å². The van der Waals surface area contributed by atoms with Crippen molar-refractivity contribution in [3.05, 3.63) is 51.6 Å². The van der Waals surface area contributed by atoms with Crippen LogP contribution in [0.4, 0.5) is 5.69 Å². The Hall–Kier alpha value is -3.34. The van der Waals surface area contributed by atoms with Crippen molar-refractivity contribution in [2.75, 3.05) is 20.3 Å². The van der Waals surface area contributed by atoms with Gasteiger partial charge in [-0.2, -0.15) is 18.4 Å². The van der Waals surface area contributed by atoms with E-state index in [-0.39, 0.29) is 46.6 Å². The zero-order valence-electron chi connectivity index (χ0n) is 17.0. The van der Waals surface area contributed by atoms with Crippen molar-refractivity contribution in [3.8, 4) is 17.2 Å². The molecule has 0 saturated heterocycles. The monoisotopic (exact) mass is 437 g/mol. The average Bonchev–Trinajstić information content (AvgIpc) is 2.69. The molecule has 1 N–H and O–H groups in total. The summed E-state index contributed by atoms with van der Waals surface area (Å²) in [4.78, 5) is 12.8. The first-order valence-corrected chi connectivity index (χ1v) is 10.5. The van der Waals surface area contributed by atoms with E-state index in [4.69, 9.17) is 14.2 Å². The van der Waals surface area contributed by atoms with Gasteiger partial charge in [-0.3, -0.25) is 10.1 Å². The summed E-state index contributed by atoms with van der Waals surface area (Å²) in [6, 6.07) is 7.29. The summed E-state index contributed by atoms with van der Waals surface area (Å²) >= 11 is 0. The molecule has 0 heterocycles. The quantitative estimate of drug-likeness (QED) is 0.343. The third kappa shape index (κ3) is 5.38. The van der Waals surface area contributed by atoms with Crippen LogP contribution in [-0.4, -0.2) is 39.9 Å². The first-order valence-electron chi connectivity index (χ1n) is 9.01. The van der Waals surface area contributed by atoms with Crippen molar-refractivity contribution in [1.82, 2.24) is 4.83 Å². The molecule has 2 aromatic carbocycles. The molecular formula is C19H23N3O7S. The lowest BCUT2D eigenvalue weighted by Crippen LogP contribution is -2.19. The minimum absolute atomic E-state index is 0.0492. The first kappa shape index (κ1) is 22.9. The van der Waals surface area contributed by atoms with E-state index in [9.17, 15) is 18.5 Å². The number of nitrogens with zero attached hydrogens (tertiary/aromatic N) is 2. The van der Waals surface area contributed by atoms with Crippen molar-refractivity contribution in [1.29, 1.82) is 0 Å². The third-order valence-corrected chi connectivity index (χ3v) is 5.12. The van der Waals surface area contributed by atoms with Gasteiger partial charge in [-0.15, -0.1) is 0 Å². The highest BCUT2D eigenvalue weighted by Crippen LogP contribution is 2.34. The maximum absolute atomic E-state index is 12.6. The Bertz CT molecular complexity index is 1050. The van der Waals surface area contributed by atoms with Crippen LogP contribution in [0.2, 0.25) is 0 Å². The maximum atomic E-state index is 12.6. The number of benzene rings is 2. The van der Waals surface area contributed by atoms with Crippen LogP contribution in [0.3, 0.4) is 0 Å². The summed E-state index contributed by atoms with van der Waals surface area (Å²) in [5, 5.41) is 15.1. The first-order chi connectivity index (χ1) is 14.2. The van der Waals surface area contributed by atoms with E-state index in [1.165, 1.54) is 31.4 Å². The number of hydrogen-bond donors (Lipinski definition) is 1. The van der Waals surface area contributed by atoms with E-state index in [0.29, 0.717) is 0 Å². The molecule has 0 unspecified atom stereocenters.